The van der Waals surface area contributed by atoms with Crippen molar-refractivity contribution in [2.24, 2.45) is 0 Å². The van der Waals surface area contributed by atoms with E-state index < -0.39 is 44.1 Å². The molecule has 2 aromatic rings. The minimum Gasteiger partial charge on any atom is -0.479 e. The number of hydrogen-bond acceptors (Lipinski definition) is 11. The molecule has 1 aliphatic rings. The fraction of sp³-hybridized carbons (Fsp3) is 0.706. The fourth-order valence-corrected chi connectivity index (χ4v) is 4.71. The third-order valence-electron chi connectivity index (χ3n) is 5.20. The molecule has 7 atom stereocenters. The van der Waals surface area contributed by atoms with Gasteiger partial charge in [0.15, 0.2) is 23.2 Å². The lowest BCUT2D eigenvalue weighted by atomic mass is 10.0. The number of aliphatic hydroxyl groups is 3. The number of ether oxygens (including phenoxy) is 2. The molecule has 1 aliphatic heterocycles. The molecule has 3 rings (SSSR count). The Morgan fingerprint density at radius 3 is 2.61 bits per heavy atom. The van der Waals surface area contributed by atoms with Crippen molar-refractivity contribution >= 4 is 24.7 Å². The van der Waals surface area contributed by atoms with Crippen LogP contribution in [0.25, 0.3) is 11.2 Å². The minimum atomic E-state index is -4.26. The maximum Gasteiger partial charge on any atom is 0.356 e. The van der Waals surface area contributed by atoms with Gasteiger partial charge in [0.05, 0.1) is 25.6 Å². The van der Waals surface area contributed by atoms with E-state index in [2.05, 4.69) is 15.0 Å². The second-order valence-electron chi connectivity index (χ2n) is 7.29. The van der Waals surface area contributed by atoms with Crippen LogP contribution in [0.5, 0.6) is 5.88 Å². The Morgan fingerprint density at radius 1 is 1.29 bits per heavy atom. The maximum atomic E-state index is 12.2. The number of hydrogen-bond donors (Lipinski definition) is 5. The van der Waals surface area contributed by atoms with Crippen molar-refractivity contribution in [2.75, 3.05) is 12.8 Å². The molecule has 0 radical (unpaired) electrons. The van der Waals surface area contributed by atoms with Gasteiger partial charge in [-0.2, -0.15) is 9.97 Å². The number of imidazole rings is 1. The molecule has 0 aliphatic carbocycles. The Balaban J connectivity index is 1.81. The highest BCUT2D eigenvalue weighted by Crippen LogP contribution is 2.50. The molecule has 174 valence electrons. The van der Waals surface area contributed by atoms with Gasteiger partial charge in [-0.3, -0.25) is 9.13 Å². The molecule has 13 nitrogen and oxygen atoms in total. The Morgan fingerprint density at radius 2 is 2.00 bits per heavy atom. The van der Waals surface area contributed by atoms with E-state index in [1.54, 1.807) is 13.8 Å². The number of methoxy groups -OCH3 is 1. The maximum absolute atomic E-state index is 12.2. The molecular weight excluding hydrogens is 433 g/mol. The van der Waals surface area contributed by atoms with Crippen molar-refractivity contribution < 1.29 is 38.8 Å². The van der Waals surface area contributed by atoms with Crippen molar-refractivity contribution in [3.8, 4) is 5.88 Å². The molecular formula is C17H28N5O8P. The van der Waals surface area contributed by atoms with Crippen LogP contribution in [0.1, 0.15) is 39.3 Å². The highest BCUT2D eigenvalue weighted by Gasteiger charge is 2.46. The van der Waals surface area contributed by atoms with Crippen molar-refractivity contribution in [3.05, 3.63) is 6.33 Å². The molecule has 0 aromatic carbocycles. The van der Waals surface area contributed by atoms with E-state index in [0.717, 1.165) is 0 Å². The molecule has 1 saturated heterocycles. The van der Waals surface area contributed by atoms with Gasteiger partial charge in [-0.1, -0.05) is 13.8 Å². The van der Waals surface area contributed by atoms with Gasteiger partial charge in [0, 0.05) is 6.42 Å². The largest absolute Gasteiger partial charge is 0.479 e. The Hall–Kier alpha value is -1.86. The lowest BCUT2D eigenvalue weighted by Gasteiger charge is -2.25. The zero-order valence-electron chi connectivity index (χ0n) is 17.4. The Kier molecular flexibility index (Phi) is 7.16. The summed E-state index contributed by atoms with van der Waals surface area (Å²) in [6.07, 6.45) is -3.67. The van der Waals surface area contributed by atoms with Crippen molar-refractivity contribution in [1.82, 2.24) is 19.5 Å². The van der Waals surface area contributed by atoms with Crippen LogP contribution in [-0.4, -0.2) is 77.1 Å². The number of nitrogen functional groups attached to an aromatic ring is 1. The van der Waals surface area contributed by atoms with Crippen LogP contribution in [0, 0.1) is 0 Å². The highest BCUT2D eigenvalue weighted by molar-refractivity contribution is 7.53. The van der Waals surface area contributed by atoms with Crippen LogP contribution in [0.3, 0.4) is 0 Å². The summed E-state index contributed by atoms with van der Waals surface area (Å²) in [6.45, 7) is 3.29. The molecule has 31 heavy (non-hydrogen) atoms. The molecule has 0 spiro atoms. The highest BCUT2D eigenvalue weighted by atomic mass is 31.2. The van der Waals surface area contributed by atoms with Gasteiger partial charge in [-0.15, -0.1) is 0 Å². The lowest BCUT2D eigenvalue weighted by Crippen LogP contribution is -2.34. The predicted molar refractivity (Wildman–Crippen MR) is 108 cm³/mol. The molecule has 0 amide bonds. The number of fused-ring (bicyclic) bond motifs is 1. The number of aromatic nitrogens is 4. The summed E-state index contributed by atoms with van der Waals surface area (Å²) in [5.41, 5.74) is 6.26. The first-order valence-electron chi connectivity index (χ1n) is 9.87. The Bertz CT molecular complexity index is 958. The van der Waals surface area contributed by atoms with E-state index >= 15 is 0 Å². The molecule has 2 aromatic heterocycles. The molecule has 6 N–H and O–H groups in total. The number of nitrogens with zero attached hydrogens (tertiary/aromatic N) is 4. The van der Waals surface area contributed by atoms with E-state index in [1.807, 2.05) is 0 Å². The SMILES string of the molecule is CCC(C[C@H]1O[C@@H](n2cnc3c(OC)nc(N)nc32)[C@H](O)[C@@H]1O)OP(=O)(O)C(O)CC. The van der Waals surface area contributed by atoms with E-state index in [4.69, 9.17) is 19.7 Å². The quantitative estimate of drug-likeness (QED) is 0.317. The first-order chi connectivity index (χ1) is 14.6. The van der Waals surface area contributed by atoms with E-state index in [1.165, 1.54) is 18.0 Å². The van der Waals surface area contributed by atoms with Gasteiger partial charge in [0.2, 0.25) is 11.8 Å². The smallest absolute Gasteiger partial charge is 0.356 e. The van der Waals surface area contributed by atoms with Gasteiger partial charge in [0.25, 0.3) is 0 Å². The zero-order chi connectivity index (χ0) is 22.9. The van der Waals surface area contributed by atoms with Gasteiger partial charge < -0.3 is 39.9 Å². The van der Waals surface area contributed by atoms with Crippen molar-refractivity contribution in [3.63, 3.8) is 0 Å². The summed E-state index contributed by atoms with van der Waals surface area (Å²) in [7, 11) is -2.86. The summed E-state index contributed by atoms with van der Waals surface area (Å²) < 4.78 is 29.9. The molecule has 0 bridgehead atoms. The van der Waals surface area contributed by atoms with E-state index in [9.17, 15) is 24.8 Å². The van der Waals surface area contributed by atoms with Crippen LogP contribution in [0.2, 0.25) is 0 Å². The molecule has 1 fully saturated rings. The third kappa shape index (κ3) is 4.67. The van der Waals surface area contributed by atoms with Gasteiger partial charge in [-0.05, 0) is 12.8 Å². The predicted octanol–water partition coefficient (Wildman–Crippen LogP) is 0.135. The van der Waals surface area contributed by atoms with Gasteiger partial charge in [0.1, 0.15) is 12.2 Å². The first kappa shape index (κ1) is 23.8. The van der Waals surface area contributed by atoms with Gasteiger partial charge >= 0.3 is 7.60 Å². The molecule has 3 heterocycles. The average Bonchev–Trinajstić information content (AvgIpc) is 3.27. The minimum absolute atomic E-state index is 0.0132. The normalized spacial score (nSPS) is 27.8. The number of nitrogens with two attached hydrogens (primary N) is 1. The lowest BCUT2D eigenvalue weighted by molar-refractivity contribution is -0.0480. The Labute approximate surface area is 178 Å². The third-order valence-corrected chi connectivity index (χ3v) is 6.92. The van der Waals surface area contributed by atoms with E-state index in [0.29, 0.717) is 11.9 Å². The van der Waals surface area contributed by atoms with Crippen LogP contribution < -0.4 is 10.5 Å². The second kappa shape index (κ2) is 9.33. The van der Waals surface area contributed by atoms with E-state index in [-0.39, 0.29) is 30.3 Å². The monoisotopic (exact) mass is 461 g/mol. The standard InChI is InChI=1S/C17H28N5O8P/c1-4-8(30-31(26,27)10(23)5-2)6-9-12(24)13(25)16(29-9)22-7-19-11-14(22)20-17(18)21-15(11)28-3/h7-10,12-13,16,23-25H,4-6H2,1-3H3,(H,26,27)(H2,18,20,21)/t8?,9-,10?,12-,13-,16-/m1/s1. The van der Waals surface area contributed by atoms with Gasteiger partial charge in [-0.25, -0.2) is 4.98 Å². The summed E-state index contributed by atoms with van der Waals surface area (Å²) >= 11 is 0. The van der Waals surface area contributed by atoms with Crippen molar-refractivity contribution in [2.45, 2.75) is 69.6 Å². The zero-order valence-corrected chi connectivity index (χ0v) is 18.3. The topological polar surface area (TPSA) is 195 Å². The average molecular weight is 461 g/mol. The van der Waals surface area contributed by atoms with Crippen LogP contribution in [-0.2, 0) is 13.8 Å². The number of anilines is 1. The summed E-state index contributed by atoms with van der Waals surface area (Å²) in [5.74, 6) is -1.42. The van der Waals surface area contributed by atoms with Crippen LogP contribution >= 0.6 is 7.60 Å². The van der Waals surface area contributed by atoms with Crippen molar-refractivity contribution in [1.29, 1.82) is 0 Å². The molecule has 0 saturated carbocycles. The summed E-state index contributed by atoms with van der Waals surface area (Å²) in [5, 5.41) is 30.8. The molecule has 3 unspecified atom stereocenters. The number of rotatable bonds is 9. The first-order valence-corrected chi connectivity index (χ1v) is 11.5. The summed E-state index contributed by atoms with van der Waals surface area (Å²) in [6, 6.07) is 0. The summed E-state index contributed by atoms with van der Waals surface area (Å²) in [4.78, 5) is 22.2. The molecule has 14 heteroatoms. The van der Waals surface area contributed by atoms with Crippen LogP contribution in [0.15, 0.2) is 6.33 Å². The fourth-order valence-electron chi connectivity index (χ4n) is 3.45. The van der Waals surface area contributed by atoms with Crippen LogP contribution in [0.4, 0.5) is 5.95 Å². The second-order valence-corrected chi connectivity index (χ2v) is 9.22. The number of aliphatic hydroxyl groups excluding tert-OH is 3.